The van der Waals surface area contributed by atoms with Crippen molar-refractivity contribution in [3.05, 3.63) is 384 Å². The van der Waals surface area contributed by atoms with E-state index in [0.29, 0.717) is 0 Å². The number of fused-ring (bicyclic) bond motifs is 22. The van der Waals surface area contributed by atoms with Crippen LogP contribution >= 0.6 is 0 Å². The van der Waals surface area contributed by atoms with E-state index in [2.05, 4.69) is 395 Å². The standard InChI is InChI=1S/C58H42.C50H38/c1-57(2)50-19-10-9-18-47(50)55-52(57)28-29-53-56(55)49-33-41(26-27-51(49)58(53,3)4)37-14-11-13-36(30-37)38-21-22-40-32-42(24-23-39(40)31-38)48-34-43-25-20-35-12-5-6-15-44(35)54(43)46-17-8-7-16-45(46)48;1-49(2)43-15-8-7-14-41(43)47-44(49)24-25-45-48(47)42-23-22-40(30-46(42)50(45,3)4)34-13-9-12-33(27-34)35-18-19-39-29-38(21-20-37(39)28-35)36-17-16-31-10-5-6-11-32(31)26-36/h5-34H,1-4H3;5-30H,1-4H3. The van der Waals surface area contributed by atoms with Gasteiger partial charge in [0, 0.05) is 21.7 Å². The molecule has 0 nitrogen and oxygen atoms in total. The van der Waals surface area contributed by atoms with Crippen LogP contribution in [0.1, 0.15) is 99.9 Å². The summed E-state index contributed by atoms with van der Waals surface area (Å²) < 4.78 is 0. The second-order valence-corrected chi connectivity index (χ2v) is 33.1. The molecular formula is C108H80. The van der Waals surface area contributed by atoms with E-state index in [4.69, 9.17) is 0 Å². The Morgan fingerprint density at radius 1 is 0.148 bits per heavy atom. The minimum Gasteiger partial charge on any atom is -0.0619 e. The first kappa shape index (κ1) is 63.9. The summed E-state index contributed by atoms with van der Waals surface area (Å²) >= 11 is 0. The molecule has 18 aromatic rings. The van der Waals surface area contributed by atoms with Crippen molar-refractivity contribution in [2.45, 2.75) is 77.0 Å². The van der Waals surface area contributed by atoms with Crippen LogP contribution in [0, 0.1) is 0 Å². The minimum atomic E-state index is -0.0843. The second kappa shape index (κ2) is 23.5. The maximum absolute atomic E-state index is 2.47. The van der Waals surface area contributed by atoms with Gasteiger partial charge in [-0.05, 0) is 281 Å². The van der Waals surface area contributed by atoms with Crippen molar-refractivity contribution in [1.82, 2.24) is 0 Å². The van der Waals surface area contributed by atoms with Gasteiger partial charge >= 0.3 is 0 Å². The lowest BCUT2D eigenvalue weighted by molar-refractivity contribution is 0.651. The van der Waals surface area contributed by atoms with Crippen molar-refractivity contribution in [1.29, 1.82) is 0 Å². The monoisotopic (exact) mass is 1380 g/mol. The summed E-state index contributed by atoms with van der Waals surface area (Å²) in [6, 6.07) is 128. The van der Waals surface area contributed by atoms with E-state index in [1.165, 1.54) is 220 Å². The minimum absolute atomic E-state index is 0.00346. The van der Waals surface area contributed by atoms with Gasteiger partial charge in [0.05, 0.1) is 0 Å². The molecule has 0 bridgehead atoms. The summed E-state index contributed by atoms with van der Waals surface area (Å²) in [6.07, 6.45) is 0. The summed E-state index contributed by atoms with van der Waals surface area (Å²) in [7, 11) is 0. The van der Waals surface area contributed by atoms with Crippen LogP contribution in [0.2, 0.25) is 0 Å². The lowest BCUT2D eigenvalue weighted by Crippen LogP contribution is -2.17. The molecule has 0 fully saturated rings. The van der Waals surface area contributed by atoms with Gasteiger partial charge < -0.3 is 0 Å². The third-order valence-electron chi connectivity index (χ3n) is 25.6. The molecule has 0 N–H and O–H groups in total. The molecule has 0 amide bonds. The third-order valence-corrected chi connectivity index (χ3v) is 25.6. The van der Waals surface area contributed by atoms with E-state index in [9.17, 15) is 0 Å². The van der Waals surface area contributed by atoms with Crippen LogP contribution in [-0.4, -0.2) is 0 Å². The predicted molar refractivity (Wildman–Crippen MR) is 461 cm³/mol. The molecule has 0 aliphatic heterocycles. The Morgan fingerprint density at radius 2 is 0.463 bits per heavy atom. The summed E-state index contributed by atoms with van der Waals surface area (Å²) in [4.78, 5) is 0. The molecule has 0 radical (unpaired) electrons. The van der Waals surface area contributed by atoms with E-state index >= 15 is 0 Å². The smallest absolute Gasteiger partial charge is 0.0159 e. The Hall–Kier alpha value is -12.5. The van der Waals surface area contributed by atoms with Crippen molar-refractivity contribution in [2.24, 2.45) is 0 Å². The summed E-state index contributed by atoms with van der Waals surface area (Å²) in [5.41, 5.74) is 37.5. The fourth-order valence-electron chi connectivity index (χ4n) is 19.9. The van der Waals surface area contributed by atoms with E-state index in [1.54, 1.807) is 0 Å². The van der Waals surface area contributed by atoms with Crippen molar-refractivity contribution >= 4 is 64.6 Å². The molecule has 4 aliphatic rings. The molecule has 0 spiro atoms. The Morgan fingerprint density at radius 3 is 0.991 bits per heavy atom. The van der Waals surface area contributed by atoms with Crippen LogP contribution in [0.25, 0.3) is 176 Å². The van der Waals surface area contributed by atoms with Gasteiger partial charge in [-0.1, -0.05) is 334 Å². The molecule has 0 heteroatoms. The Bertz CT molecular complexity index is 6920. The van der Waals surface area contributed by atoms with Gasteiger partial charge in [0.15, 0.2) is 0 Å². The Kier molecular flexibility index (Phi) is 13.9. The van der Waals surface area contributed by atoms with Gasteiger partial charge in [-0.15, -0.1) is 0 Å². The van der Waals surface area contributed by atoms with Crippen LogP contribution < -0.4 is 0 Å². The van der Waals surface area contributed by atoms with Gasteiger partial charge in [0.2, 0.25) is 0 Å². The molecule has 0 unspecified atom stereocenters. The molecule has 108 heavy (non-hydrogen) atoms. The third kappa shape index (κ3) is 9.62. The average molecular weight is 1380 g/mol. The molecule has 0 aromatic heterocycles. The second-order valence-electron chi connectivity index (χ2n) is 33.1. The van der Waals surface area contributed by atoms with Crippen molar-refractivity contribution in [3.63, 3.8) is 0 Å². The zero-order valence-electron chi connectivity index (χ0n) is 62.3. The van der Waals surface area contributed by atoms with Crippen molar-refractivity contribution in [2.75, 3.05) is 0 Å². The molecule has 0 atom stereocenters. The highest BCUT2D eigenvalue weighted by Gasteiger charge is 2.45. The van der Waals surface area contributed by atoms with Crippen LogP contribution in [0.3, 0.4) is 0 Å². The zero-order chi connectivity index (χ0) is 72.7. The highest BCUT2D eigenvalue weighted by Crippen LogP contribution is 2.62. The quantitative estimate of drug-likeness (QED) is 0.146. The van der Waals surface area contributed by atoms with Crippen LogP contribution in [-0.2, 0) is 21.7 Å². The molecule has 0 heterocycles. The molecule has 0 saturated carbocycles. The average Bonchev–Trinajstić information content (AvgIpc) is 1.53. The lowest BCUT2D eigenvalue weighted by atomic mass is 9.79. The number of benzene rings is 18. The van der Waals surface area contributed by atoms with Crippen molar-refractivity contribution < 1.29 is 0 Å². The first-order chi connectivity index (χ1) is 52.5. The normalized spacial score (nSPS) is 14.6. The van der Waals surface area contributed by atoms with Crippen molar-refractivity contribution in [3.8, 4) is 111 Å². The zero-order valence-corrected chi connectivity index (χ0v) is 62.3. The van der Waals surface area contributed by atoms with E-state index in [1.807, 2.05) is 0 Å². The summed E-state index contributed by atoms with van der Waals surface area (Å²) in [5.74, 6) is 0. The molecule has 18 aromatic carbocycles. The van der Waals surface area contributed by atoms with Gasteiger partial charge in [0.1, 0.15) is 0 Å². The topological polar surface area (TPSA) is 0 Å². The maximum Gasteiger partial charge on any atom is 0.0159 e. The van der Waals surface area contributed by atoms with E-state index in [-0.39, 0.29) is 21.7 Å². The lowest BCUT2D eigenvalue weighted by Gasteiger charge is -2.24. The first-order valence-electron chi connectivity index (χ1n) is 38.5. The first-order valence-corrected chi connectivity index (χ1v) is 38.5. The van der Waals surface area contributed by atoms with Gasteiger partial charge in [0.25, 0.3) is 0 Å². The number of hydrogen-bond donors (Lipinski definition) is 0. The summed E-state index contributed by atoms with van der Waals surface area (Å²) in [5, 5.41) is 15.3. The molecule has 22 rings (SSSR count). The summed E-state index contributed by atoms with van der Waals surface area (Å²) in [6.45, 7) is 19.1. The Balaban J connectivity index is 0.000000139. The molecule has 512 valence electrons. The van der Waals surface area contributed by atoms with Crippen LogP contribution in [0.5, 0.6) is 0 Å². The maximum atomic E-state index is 2.47. The Labute approximate surface area is 633 Å². The van der Waals surface area contributed by atoms with E-state index in [0.717, 1.165) is 0 Å². The highest BCUT2D eigenvalue weighted by molar-refractivity contribution is 6.23. The predicted octanol–water partition coefficient (Wildman–Crippen LogP) is 29.5. The molecule has 4 aliphatic carbocycles. The van der Waals surface area contributed by atoms with E-state index < -0.39 is 0 Å². The van der Waals surface area contributed by atoms with Gasteiger partial charge in [-0.25, -0.2) is 0 Å². The number of hydrogen-bond acceptors (Lipinski definition) is 0. The van der Waals surface area contributed by atoms with Gasteiger partial charge in [-0.3, -0.25) is 0 Å². The largest absolute Gasteiger partial charge is 0.0619 e. The van der Waals surface area contributed by atoms with Gasteiger partial charge in [-0.2, -0.15) is 0 Å². The number of rotatable bonds is 6. The molecule has 0 saturated heterocycles. The fourth-order valence-corrected chi connectivity index (χ4v) is 19.9. The fraction of sp³-hybridized carbons (Fsp3) is 0.111. The SMILES string of the molecule is CC1(C)c2ccccc2-c2c1ccc1c2-c2cc(-c3cccc(-c4ccc5cc(-c6cc7ccc8ccccc8c7c7ccccc67)ccc5c4)c3)ccc2C1(C)C.CC1(C)c2ccccc2-c2c1ccc1c2-c2ccc(-c3cccc(-c4ccc5cc(-c6ccc7ccccc7c6)ccc5c4)c3)cc2C1(C)C. The molecular weight excluding hydrogens is 1300 g/mol. The van der Waals surface area contributed by atoms with Crippen LogP contribution in [0.4, 0.5) is 0 Å². The van der Waals surface area contributed by atoms with Crippen LogP contribution in [0.15, 0.2) is 340 Å². The highest BCUT2D eigenvalue weighted by atomic mass is 14.5.